The Morgan fingerprint density at radius 1 is 1.56 bits per heavy atom. The van der Waals surface area contributed by atoms with Crippen LogP contribution in [0.3, 0.4) is 0 Å². The van der Waals surface area contributed by atoms with Crippen LogP contribution in [0.2, 0.25) is 0 Å². The lowest BCUT2D eigenvalue weighted by atomic mass is 10.4. The first-order valence-electron chi connectivity index (χ1n) is 6.21. The topological polar surface area (TPSA) is 29.9 Å². The Kier molecular flexibility index (Phi) is 4.72. The van der Waals surface area contributed by atoms with Gasteiger partial charge in [-0.3, -0.25) is 0 Å². The standard InChI is InChI=1S/C12H21N3S/c1-2-16-9-3-7-15-8-6-13-12(15)10-14-11-4-5-11/h6,8,11,14H,2-5,7,9-10H2,1H3. The van der Waals surface area contributed by atoms with Crippen molar-refractivity contribution in [3.05, 3.63) is 18.2 Å². The summed E-state index contributed by atoms with van der Waals surface area (Å²) in [5, 5.41) is 3.51. The highest BCUT2D eigenvalue weighted by Crippen LogP contribution is 2.19. The van der Waals surface area contributed by atoms with Crippen molar-refractivity contribution >= 4 is 11.8 Å². The molecule has 0 bridgehead atoms. The zero-order valence-corrected chi connectivity index (χ0v) is 10.8. The summed E-state index contributed by atoms with van der Waals surface area (Å²) in [6.45, 7) is 4.25. The molecule has 0 aliphatic heterocycles. The third-order valence-electron chi connectivity index (χ3n) is 2.82. The Bertz CT molecular complexity index is 307. The van der Waals surface area contributed by atoms with Crippen LogP contribution in [0.1, 0.15) is 32.0 Å². The summed E-state index contributed by atoms with van der Waals surface area (Å²) in [5.41, 5.74) is 0. The predicted octanol–water partition coefficient (Wildman–Crippen LogP) is 2.28. The molecule has 0 unspecified atom stereocenters. The summed E-state index contributed by atoms with van der Waals surface area (Å²) in [7, 11) is 0. The van der Waals surface area contributed by atoms with Gasteiger partial charge in [0.15, 0.2) is 0 Å². The van der Waals surface area contributed by atoms with Crippen LogP contribution >= 0.6 is 11.8 Å². The van der Waals surface area contributed by atoms with Crippen LogP contribution in [-0.4, -0.2) is 27.1 Å². The monoisotopic (exact) mass is 239 g/mol. The lowest BCUT2D eigenvalue weighted by Crippen LogP contribution is -2.19. The molecule has 90 valence electrons. The third-order valence-corrected chi connectivity index (χ3v) is 3.81. The molecule has 3 nitrogen and oxygen atoms in total. The van der Waals surface area contributed by atoms with E-state index in [1.807, 2.05) is 18.0 Å². The normalized spacial score (nSPS) is 15.6. The predicted molar refractivity (Wildman–Crippen MR) is 69.7 cm³/mol. The van der Waals surface area contributed by atoms with Crippen LogP contribution in [-0.2, 0) is 13.1 Å². The van der Waals surface area contributed by atoms with Gasteiger partial charge in [0.1, 0.15) is 5.82 Å². The van der Waals surface area contributed by atoms with Gasteiger partial charge in [0, 0.05) is 25.0 Å². The molecule has 0 aromatic carbocycles. The van der Waals surface area contributed by atoms with Gasteiger partial charge in [-0.25, -0.2) is 4.98 Å². The first-order chi connectivity index (χ1) is 7.90. The van der Waals surface area contributed by atoms with Crippen molar-refractivity contribution in [2.75, 3.05) is 11.5 Å². The van der Waals surface area contributed by atoms with Crippen molar-refractivity contribution in [2.45, 2.75) is 45.3 Å². The van der Waals surface area contributed by atoms with Gasteiger partial charge < -0.3 is 9.88 Å². The van der Waals surface area contributed by atoms with E-state index >= 15 is 0 Å². The summed E-state index contributed by atoms with van der Waals surface area (Å²) in [5.74, 6) is 3.66. The maximum absolute atomic E-state index is 4.41. The molecule has 1 heterocycles. The van der Waals surface area contributed by atoms with Gasteiger partial charge in [0.2, 0.25) is 0 Å². The number of rotatable bonds is 8. The first-order valence-corrected chi connectivity index (χ1v) is 7.36. The molecule has 16 heavy (non-hydrogen) atoms. The maximum atomic E-state index is 4.41. The third kappa shape index (κ3) is 3.83. The lowest BCUT2D eigenvalue weighted by Gasteiger charge is -2.08. The fourth-order valence-electron chi connectivity index (χ4n) is 1.72. The van der Waals surface area contributed by atoms with Crippen LogP contribution in [0, 0.1) is 0 Å². The minimum Gasteiger partial charge on any atom is -0.334 e. The molecule has 0 spiro atoms. The van der Waals surface area contributed by atoms with Crippen molar-refractivity contribution in [1.29, 1.82) is 0 Å². The number of hydrogen-bond acceptors (Lipinski definition) is 3. The van der Waals surface area contributed by atoms with E-state index in [0.29, 0.717) is 0 Å². The molecule has 1 aromatic heterocycles. The highest BCUT2D eigenvalue weighted by molar-refractivity contribution is 7.99. The minimum atomic E-state index is 0.765. The summed E-state index contributed by atoms with van der Waals surface area (Å²) < 4.78 is 2.28. The molecule has 1 fully saturated rings. The molecule has 1 N–H and O–H groups in total. The second-order valence-electron chi connectivity index (χ2n) is 4.24. The van der Waals surface area contributed by atoms with Crippen LogP contribution in [0.4, 0.5) is 0 Å². The van der Waals surface area contributed by atoms with Crippen LogP contribution < -0.4 is 5.32 Å². The van der Waals surface area contributed by atoms with E-state index in [-0.39, 0.29) is 0 Å². The first kappa shape index (κ1) is 12.0. The molecular weight excluding hydrogens is 218 g/mol. The summed E-state index contributed by atoms with van der Waals surface area (Å²) >= 11 is 2.01. The van der Waals surface area contributed by atoms with E-state index in [1.54, 1.807) is 0 Å². The molecule has 0 saturated heterocycles. The molecule has 1 aromatic rings. The number of aryl methyl sites for hydroxylation is 1. The van der Waals surface area contributed by atoms with Gasteiger partial charge in [-0.2, -0.15) is 11.8 Å². The van der Waals surface area contributed by atoms with E-state index in [4.69, 9.17) is 0 Å². The van der Waals surface area contributed by atoms with E-state index in [2.05, 4.69) is 28.0 Å². The fourth-order valence-corrected chi connectivity index (χ4v) is 2.34. The molecule has 1 saturated carbocycles. The average Bonchev–Trinajstić information content (AvgIpc) is 3.02. The Morgan fingerprint density at radius 3 is 3.19 bits per heavy atom. The Morgan fingerprint density at radius 2 is 2.44 bits per heavy atom. The Hall–Kier alpha value is -0.480. The molecule has 2 rings (SSSR count). The number of nitrogens with one attached hydrogen (secondary N) is 1. The number of thioether (sulfide) groups is 1. The van der Waals surface area contributed by atoms with E-state index < -0.39 is 0 Å². The second kappa shape index (κ2) is 6.30. The van der Waals surface area contributed by atoms with Crippen LogP contribution in [0.25, 0.3) is 0 Å². The Labute approximate surface area is 102 Å². The molecule has 1 aliphatic rings. The van der Waals surface area contributed by atoms with Crippen molar-refractivity contribution in [3.63, 3.8) is 0 Å². The Balaban J connectivity index is 1.71. The molecular formula is C12H21N3S. The molecule has 0 radical (unpaired) electrons. The van der Waals surface area contributed by atoms with Crippen molar-refractivity contribution < 1.29 is 0 Å². The van der Waals surface area contributed by atoms with Crippen LogP contribution in [0.15, 0.2) is 12.4 Å². The van der Waals surface area contributed by atoms with Crippen LogP contribution in [0.5, 0.6) is 0 Å². The zero-order chi connectivity index (χ0) is 11.2. The molecule has 4 heteroatoms. The molecule has 1 aliphatic carbocycles. The lowest BCUT2D eigenvalue weighted by molar-refractivity contribution is 0.588. The van der Waals surface area contributed by atoms with E-state index in [1.165, 1.54) is 36.6 Å². The fraction of sp³-hybridized carbons (Fsp3) is 0.750. The zero-order valence-electron chi connectivity index (χ0n) is 9.98. The number of nitrogens with zero attached hydrogens (tertiary/aromatic N) is 2. The molecule has 0 atom stereocenters. The number of hydrogen-bond donors (Lipinski definition) is 1. The largest absolute Gasteiger partial charge is 0.334 e. The smallest absolute Gasteiger partial charge is 0.122 e. The van der Waals surface area contributed by atoms with Crippen molar-refractivity contribution in [3.8, 4) is 0 Å². The SMILES string of the molecule is CCSCCCn1ccnc1CNC1CC1. The number of imidazole rings is 1. The summed E-state index contributed by atoms with van der Waals surface area (Å²) in [6, 6.07) is 0.765. The average molecular weight is 239 g/mol. The van der Waals surface area contributed by atoms with Gasteiger partial charge in [0.25, 0.3) is 0 Å². The van der Waals surface area contributed by atoms with E-state index in [0.717, 1.165) is 19.1 Å². The van der Waals surface area contributed by atoms with Crippen molar-refractivity contribution in [1.82, 2.24) is 14.9 Å². The summed E-state index contributed by atoms with van der Waals surface area (Å²) in [4.78, 5) is 4.41. The highest BCUT2D eigenvalue weighted by atomic mass is 32.2. The van der Waals surface area contributed by atoms with Gasteiger partial charge in [-0.05, 0) is 30.8 Å². The quantitative estimate of drug-likeness (QED) is 0.706. The number of aromatic nitrogens is 2. The van der Waals surface area contributed by atoms with Gasteiger partial charge >= 0.3 is 0 Å². The van der Waals surface area contributed by atoms with E-state index in [9.17, 15) is 0 Å². The van der Waals surface area contributed by atoms with Gasteiger partial charge in [0.05, 0.1) is 6.54 Å². The minimum absolute atomic E-state index is 0.765. The highest BCUT2D eigenvalue weighted by Gasteiger charge is 2.20. The maximum Gasteiger partial charge on any atom is 0.122 e. The van der Waals surface area contributed by atoms with Crippen molar-refractivity contribution in [2.24, 2.45) is 0 Å². The molecule has 0 amide bonds. The van der Waals surface area contributed by atoms with Gasteiger partial charge in [-0.1, -0.05) is 6.92 Å². The van der Waals surface area contributed by atoms with Gasteiger partial charge in [-0.15, -0.1) is 0 Å². The second-order valence-corrected chi connectivity index (χ2v) is 5.64. The summed E-state index contributed by atoms with van der Waals surface area (Å²) in [6.07, 6.45) is 7.93.